The lowest BCUT2D eigenvalue weighted by atomic mass is 9.84. The van der Waals surface area contributed by atoms with E-state index in [1.807, 2.05) is 20.8 Å². The van der Waals surface area contributed by atoms with Crippen molar-refractivity contribution in [3.8, 4) is 0 Å². The van der Waals surface area contributed by atoms with Gasteiger partial charge in [0.2, 0.25) is 0 Å². The van der Waals surface area contributed by atoms with Crippen LogP contribution in [0.3, 0.4) is 0 Å². The topological polar surface area (TPSA) is 47.6 Å². The highest BCUT2D eigenvalue weighted by Gasteiger charge is 2.27. The standard InChI is InChI=1S/C12H23NO3/c1-9-5-6-10(9)15-8-7-13-11(14)16-12(2,3)4/h9-10H,5-8H2,1-4H3,(H,13,14)/t9-,10?/m1/s1. The molecular formula is C12H23NO3. The van der Waals surface area contributed by atoms with Gasteiger partial charge in [0.1, 0.15) is 5.60 Å². The van der Waals surface area contributed by atoms with E-state index in [-0.39, 0.29) is 6.09 Å². The maximum atomic E-state index is 11.3. The molecular weight excluding hydrogens is 206 g/mol. The Hall–Kier alpha value is -0.770. The summed E-state index contributed by atoms with van der Waals surface area (Å²) in [7, 11) is 0. The molecule has 0 saturated heterocycles. The minimum atomic E-state index is -0.437. The van der Waals surface area contributed by atoms with Crippen LogP contribution in [0.2, 0.25) is 0 Å². The zero-order chi connectivity index (χ0) is 12.2. The van der Waals surface area contributed by atoms with Crippen molar-refractivity contribution < 1.29 is 14.3 Å². The first-order valence-corrected chi connectivity index (χ1v) is 5.97. The van der Waals surface area contributed by atoms with Crippen LogP contribution in [0.4, 0.5) is 4.79 Å². The van der Waals surface area contributed by atoms with Gasteiger partial charge in [-0.1, -0.05) is 6.92 Å². The Bertz CT molecular complexity index is 235. The van der Waals surface area contributed by atoms with Gasteiger partial charge in [-0.25, -0.2) is 4.79 Å². The molecule has 0 bridgehead atoms. The molecule has 4 heteroatoms. The van der Waals surface area contributed by atoms with Gasteiger partial charge in [-0.05, 0) is 39.5 Å². The molecule has 2 atom stereocenters. The van der Waals surface area contributed by atoms with E-state index >= 15 is 0 Å². The molecule has 0 aromatic heterocycles. The molecule has 0 aromatic rings. The fraction of sp³-hybridized carbons (Fsp3) is 0.917. The highest BCUT2D eigenvalue weighted by atomic mass is 16.6. The molecule has 1 aliphatic carbocycles. The van der Waals surface area contributed by atoms with Gasteiger partial charge >= 0.3 is 6.09 Å². The number of rotatable bonds is 4. The molecule has 0 aromatic carbocycles. The minimum absolute atomic E-state index is 0.377. The third-order valence-electron chi connectivity index (χ3n) is 2.64. The van der Waals surface area contributed by atoms with E-state index < -0.39 is 5.60 Å². The van der Waals surface area contributed by atoms with Crippen LogP contribution in [0, 0.1) is 5.92 Å². The second kappa shape index (κ2) is 5.53. The van der Waals surface area contributed by atoms with Crippen LogP contribution in [0.15, 0.2) is 0 Å². The molecule has 16 heavy (non-hydrogen) atoms. The second-order valence-electron chi connectivity index (χ2n) is 5.39. The van der Waals surface area contributed by atoms with E-state index in [1.165, 1.54) is 6.42 Å². The molecule has 94 valence electrons. The van der Waals surface area contributed by atoms with E-state index in [0.717, 1.165) is 6.42 Å². The summed E-state index contributed by atoms with van der Waals surface area (Å²) >= 11 is 0. The summed E-state index contributed by atoms with van der Waals surface area (Å²) in [6, 6.07) is 0. The third kappa shape index (κ3) is 4.84. The van der Waals surface area contributed by atoms with Crippen LogP contribution in [0.1, 0.15) is 40.5 Å². The molecule has 4 nitrogen and oxygen atoms in total. The molecule has 1 fully saturated rings. The van der Waals surface area contributed by atoms with E-state index in [9.17, 15) is 4.79 Å². The minimum Gasteiger partial charge on any atom is -0.444 e. The normalized spacial score (nSPS) is 24.8. The summed E-state index contributed by atoms with van der Waals surface area (Å²) in [5, 5.41) is 2.67. The summed E-state index contributed by atoms with van der Waals surface area (Å²) in [6.45, 7) is 8.80. The number of amides is 1. The van der Waals surface area contributed by atoms with E-state index in [2.05, 4.69) is 12.2 Å². The number of hydrogen-bond donors (Lipinski definition) is 1. The molecule has 1 N–H and O–H groups in total. The highest BCUT2D eigenvalue weighted by molar-refractivity contribution is 5.67. The van der Waals surface area contributed by atoms with Gasteiger partial charge in [0, 0.05) is 6.54 Å². The van der Waals surface area contributed by atoms with Crippen molar-refractivity contribution >= 4 is 6.09 Å². The molecule has 0 heterocycles. The largest absolute Gasteiger partial charge is 0.444 e. The number of ether oxygens (including phenoxy) is 2. The number of carbonyl (C=O) groups is 1. The van der Waals surface area contributed by atoms with Crippen molar-refractivity contribution in [3.63, 3.8) is 0 Å². The van der Waals surface area contributed by atoms with Crippen LogP contribution < -0.4 is 5.32 Å². The van der Waals surface area contributed by atoms with Crippen molar-refractivity contribution in [2.24, 2.45) is 5.92 Å². The average Bonchev–Trinajstić information content (AvgIpc) is 2.12. The van der Waals surface area contributed by atoms with Crippen LogP contribution in [-0.4, -0.2) is 30.9 Å². The number of carbonyl (C=O) groups excluding carboxylic acids is 1. The van der Waals surface area contributed by atoms with Gasteiger partial charge in [0.25, 0.3) is 0 Å². The molecule has 1 aliphatic rings. The molecule has 1 rings (SSSR count). The molecule has 0 aliphatic heterocycles. The molecule has 0 radical (unpaired) electrons. The number of alkyl carbamates (subject to hydrolysis) is 1. The molecule has 1 saturated carbocycles. The van der Waals surface area contributed by atoms with E-state index in [1.54, 1.807) is 0 Å². The summed E-state index contributed by atoms with van der Waals surface area (Å²) in [4.78, 5) is 11.3. The molecule has 0 spiro atoms. The quantitative estimate of drug-likeness (QED) is 0.753. The Labute approximate surface area is 97.7 Å². The summed E-state index contributed by atoms with van der Waals surface area (Å²) in [5.74, 6) is 0.668. The monoisotopic (exact) mass is 229 g/mol. The van der Waals surface area contributed by atoms with Crippen molar-refractivity contribution in [2.75, 3.05) is 13.2 Å². The summed E-state index contributed by atoms with van der Waals surface area (Å²) < 4.78 is 10.7. The predicted octanol–water partition coefficient (Wildman–Crippen LogP) is 2.33. The Morgan fingerprint density at radius 2 is 2.06 bits per heavy atom. The Morgan fingerprint density at radius 3 is 2.50 bits per heavy atom. The Balaban J connectivity index is 2.00. The zero-order valence-electron chi connectivity index (χ0n) is 10.7. The zero-order valence-corrected chi connectivity index (χ0v) is 10.7. The predicted molar refractivity (Wildman–Crippen MR) is 62.4 cm³/mol. The van der Waals surface area contributed by atoms with Crippen molar-refractivity contribution in [3.05, 3.63) is 0 Å². The van der Waals surface area contributed by atoms with Crippen LogP contribution >= 0.6 is 0 Å². The van der Waals surface area contributed by atoms with E-state index in [0.29, 0.717) is 25.2 Å². The lowest BCUT2D eigenvalue weighted by molar-refractivity contribution is -0.0380. The Morgan fingerprint density at radius 1 is 1.38 bits per heavy atom. The SMILES string of the molecule is C[C@@H]1CCC1OCCNC(=O)OC(C)(C)C. The third-order valence-corrected chi connectivity index (χ3v) is 2.64. The Kier molecular flexibility index (Phi) is 4.59. The maximum Gasteiger partial charge on any atom is 0.407 e. The van der Waals surface area contributed by atoms with Gasteiger partial charge in [-0.3, -0.25) is 0 Å². The van der Waals surface area contributed by atoms with Crippen molar-refractivity contribution in [2.45, 2.75) is 52.2 Å². The fourth-order valence-corrected chi connectivity index (χ4v) is 1.56. The first-order chi connectivity index (χ1) is 7.38. The van der Waals surface area contributed by atoms with Gasteiger partial charge in [0.05, 0.1) is 12.7 Å². The molecule has 1 unspecified atom stereocenters. The highest BCUT2D eigenvalue weighted by Crippen LogP contribution is 2.29. The van der Waals surface area contributed by atoms with Crippen molar-refractivity contribution in [1.29, 1.82) is 0 Å². The van der Waals surface area contributed by atoms with E-state index in [4.69, 9.17) is 9.47 Å². The average molecular weight is 229 g/mol. The van der Waals surface area contributed by atoms with Crippen LogP contribution in [-0.2, 0) is 9.47 Å². The van der Waals surface area contributed by atoms with Crippen LogP contribution in [0.5, 0.6) is 0 Å². The van der Waals surface area contributed by atoms with Gasteiger partial charge < -0.3 is 14.8 Å². The number of hydrogen-bond acceptors (Lipinski definition) is 3. The molecule has 1 amide bonds. The number of nitrogens with one attached hydrogen (secondary N) is 1. The lowest BCUT2D eigenvalue weighted by Gasteiger charge is -2.33. The smallest absolute Gasteiger partial charge is 0.407 e. The first kappa shape index (κ1) is 13.3. The fourth-order valence-electron chi connectivity index (χ4n) is 1.56. The van der Waals surface area contributed by atoms with Crippen LogP contribution in [0.25, 0.3) is 0 Å². The van der Waals surface area contributed by atoms with Gasteiger partial charge in [-0.2, -0.15) is 0 Å². The second-order valence-corrected chi connectivity index (χ2v) is 5.39. The van der Waals surface area contributed by atoms with Gasteiger partial charge in [0.15, 0.2) is 0 Å². The maximum absolute atomic E-state index is 11.3. The first-order valence-electron chi connectivity index (χ1n) is 5.97. The summed E-state index contributed by atoms with van der Waals surface area (Å²) in [5.41, 5.74) is -0.437. The van der Waals surface area contributed by atoms with Crippen molar-refractivity contribution in [1.82, 2.24) is 5.32 Å². The summed E-state index contributed by atoms with van der Waals surface area (Å²) in [6.07, 6.45) is 2.41. The van der Waals surface area contributed by atoms with Gasteiger partial charge in [-0.15, -0.1) is 0 Å². The lowest BCUT2D eigenvalue weighted by Crippen LogP contribution is -2.37.